The molecule has 0 fully saturated rings. The van der Waals surface area contributed by atoms with E-state index < -0.39 is 0 Å². The maximum absolute atomic E-state index is 2.12. The molecule has 4 rings (SSSR count). The lowest BCUT2D eigenvalue weighted by Gasteiger charge is -1.92. The van der Waals surface area contributed by atoms with Crippen LogP contribution in [0.5, 0.6) is 0 Å². The Labute approximate surface area is 207 Å². The van der Waals surface area contributed by atoms with E-state index in [1.54, 1.807) is 0 Å². The molecule has 0 bridgehead atoms. The molecule has 0 N–H and O–H groups in total. The lowest BCUT2D eigenvalue weighted by Crippen LogP contribution is -1.67. The minimum Gasteiger partial charge on any atom is -0.0683 e. The van der Waals surface area contributed by atoms with Crippen molar-refractivity contribution in [1.82, 2.24) is 0 Å². The van der Waals surface area contributed by atoms with Crippen LogP contribution in [-0.4, -0.2) is 0 Å². The van der Waals surface area contributed by atoms with E-state index in [0.717, 1.165) is 0 Å². The molecule has 0 aliphatic rings. The Bertz CT molecular complexity index is 654. The molecule has 0 unspecified atom stereocenters. The van der Waals surface area contributed by atoms with Crippen molar-refractivity contribution in [1.29, 1.82) is 0 Å². The smallest absolute Gasteiger partial charge is 0.0184 e. The second kappa shape index (κ2) is 29.4. The normalized spacial score (nSPS) is 8.06. The molecule has 0 heterocycles. The summed E-state index contributed by atoms with van der Waals surface area (Å²) in [6.45, 7) is 20.8. The zero-order valence-electron chi connectivity index (χ0n) is 23.4. The van der Waals surface area contributed by atoms with Crippen LogP contribution < -0.4 is 0 Å². The highest BCUT2D eigenvalue weighted by Gasteiger charge is 1.86. The van der Waals surface area contributed by atoms with Gasteiger partial charge in [0, 0.05) is 0 Å². The van der Waals surface area contributed by atoms with Gasteiger partial charge in [0.2, 0.25) is 0 Å². The van der Waals surface area contributed by atoms with Crippen LogP contribution in [-0.2, 0) is 0 Å². The van der Waals surface area contributed by atoms with E-state index in [2.05, 4.69) is 139 Å². The van der Waals surface area contributed by atoms with E-state index in [9.17, 15) is 0 Å². The lowest BCUT2D eigenvalue weighted by atomic mass is 10.1. The molecule has 184 valence electrons. The fourth-order valence-electron chi connectivity index (χ4n) is 2.27. The topological polar surface area (TPSA) is 0 Å². The first-order chi connectivity index (χ1) is 16.2. The van der Waals surface area contributed by atoms with E-state index in [0.29, 0.717) is 0 Å². The first-order valence-corrected chi connectivity index (χ1v) is 13.1. The molecule has 4 aromatic rings. The van der Waals surface area contributed by atoms with Gasteiger partial charge in [-0.1, -0.05) is 186 Å². The monoisotopic (exact) mass is 448 g/mol. The average Bonchev–Trinajstić information content (AvgIpc) is 2.88. The molecular formula is C33H52. The predicted molar refractivity (Wildman–Crippen MR) is 158 cm³/mol. The van der Waals surface area contributed by atoms with Crippen LogP contribution in [0, 0.1) is 0 Å². The maximum atomic E-state index is 2.12. The van der Waals surface area contributed by atoms with Gasteiger partial charge in [-0.15, -0.1) is 0 Å². The lowest BCUT2D eigenvalue weighted by molar-refractivity contribution is 1.09. The summed E-state index contributed by atoms with van der Waals surface area (Å²) in [5, 5.41) is 5.24. The number of hydrogen-bond donors (Lipinski definition) is 0. The molecule has 0 saturated heterocycles. The highest BCUT2D eigenvalue weighted by atomic mass is 13.9. The van der Waals surface area contributed by atoms with Gasteiger partial charge in [-0.25, -0.2) is 0 Å². The Balaban J connectivity index is -0.000000366. The van der Waals surface area contributed by atoms with Crippen molar-refractivity contribution in [2.75, 3.05) is 0 Å². The molecule has 0 heteroatoms. The number of rotatable bonds is 0. The Morgan fingerprint density at radius 1 is 0.303 bits per heavy atom. The average molecular weight is 449 g/mol. The second-order valence-electron chi connectivity index (χ2n) is 6.82. The molecule has 0 aromatic heterocycles. The molecule has 0 radical (unpaired) electrons. The molecule has 0 aliphatic carbocycles. The number of hydrogen-bond acceptors (Lipinski definition) is 0. The quantitative estimate of drug-likeness (QED) is 0.251. The Morgan fingerprint density at radius 3 is 0.485 bits per heavy atom. The van der Waals surface area contributed by atoms with E-state index in [4.69, 9.17) is 0 Å². The van der Waals surface area contributed by atoms with Gasteiger partial charge in [-0.3, -0.25) is 0 Å². The highest BCUT2D eigenvalue weighted by molar-refractivity contribution is 5.82. The third-order valence-corrected chi connectivity index (χ3v) is 3.32. The van der Waals surface area contributed by atoms with Crippen molar-refractivity contribution < 1.29 is 0 Å². The largest absolute Gasteiger partial charge is 0.0683 e. The van der Waals surface area contributed by atoms with Crippen molar-refractivity contribution in [2.45, 2.75) is 88.5 Å². The van der Waals surface area contributed by atoms with E-state index in [1.165, 1.54) is 40.8 Å². The molecule has 4 aromatic carbocycles. The molecule has 0 nitrogen and oxygen atoms in total. The van der Waals surface area contributed by atoms with Gasteiger partial charge in [0.15, 0.2) is 0 Å². The fraction of sp³-hybridized carbons (Fsp3) is 0.394. The summed E-state index contributed by atoms with van der Waals surface area (Å²) in [5.74, 6) is 0. The zero-order chi connectivity index (χ0) is 25.7. The van der Waals surface area contributed by atoms with E-state index >= 15 is 0 Å². The van der Waals surface area contributed by atoms with Crippen molar-refractivity contribution in [2.24, 2.45) is 0 Å². The third kappa shape index (κ3) is 19.8. The van der Waals surface area contributed by atoms with Crippen LogP contribution in [0.1, 0.15) is 88.5 Å². The van der Waals surface area contributed by atoms with Crippen molar-refractivity contribution in [3.63, 3.8) is 0 Å². The minimum atomic E-state index is 1.25. The molecular weight excluding hydrogens is 396 g/mol. The summed E-state index contributed by atoms with van der Waals surface area (Å²) in [6, 6.07) is 33.4. The molecule has 0 aliphatic heterocycles. The van der Waals surface area contributed by atoms with Crippen molar-refractivity contribution in [3.8, 4) is 0 Å². The standard InChI is InChI=1S/2C10H8.3C3H8.2C2H6/c2*1-2-6-10-8-4-3-7-9(10)5-1;3*1-3-2;2*1-2/h2*1-8H;3*3H2,1-2H3;2*1-2H3. The van der Waals surface area contributed by atoms with Gasteiger partial charge in [-0.2, -0.15) is 0 Å². The summed E-state index contributed by atoms with van der Waals surface area (Å²) in [4.78, 5) is 0. The second-order valence-corrected chi connectivity index (χ2v) is 6.82. The Morgan fingerprint density at radius 2 is 0.394 bits per heavy atom. The number of fused-ring (bicyclic) bond motifs is 2. The number of benzene rings is 4. The van der Waals surface area contributed by atoms with Gasteiger partial charge in [0.25, 0.3) is 0 Å². The molecule has 0 saturated carbocycles. The first-order valence-electron chi connectivity index (χ1n) is 13.1. The summed E-state index contributed by atoms with van der Waals surface area (Å²) < 4.78 is 0. The predicted octanol–water partition coefficient (Wildman–Crippen LogP) is 12.0. The molecule has 0 atom stereocenters. The molecule has 33 heavy (non-hydrogen) atoms. The Hall–Kier alpha value is -2.60. The highest BCUT2D eigenvalue weighted by Crippen LogP contribution is 2.12. The minimum absolute atomic E-state index is 1.25. The SMILES string of the molecule is CC.CC.CCC.CCC.CCC.c1ccc2ccccc2c1.c1ccc2ccccc2c1. The van der Waals surface area contributed by atoms with Crippen molar-refractivity contribution in [3.05, 3.63) is 97.1 Å². The van der Waals surface area contributed by atoms with Gasteiger partial charge in [0.05, 0.1) is 0 Å². The molecule has 0 spiro atoms. The van der Waals surface area contributed by atoms with Crippen LogP contribution in [0.15, 0.2) is 97.1 Å². The Kier molecular flexibility index (Phi) is 31.2. The zero-order valence-corrected chi connectivity index (χ0v) is 23.4. The summed E-state index contributed by atoms with van der Waals surface area (Å²) in [6.07, 6.45) is 3.75. The maximum Gasteiger partial charge on any atom is -0.0184 e. The summed E-state index contributed by atoms with van der Waals surface area (Å²) in [5.41, 5.74) is 0. The van der Waals surface area contributed by atoms with Gasteiger partial charge >= 0.3 is 0 Å². The molecule has 0 amide bonds. The van der Waals surface area contributed by atoms with Crippen LogP contribution in [0.4, 0.5) is 0 Å². The van der Waals surface area contributed by atoms with Crippen LogP contribution in [0.25, 0.3) is 21.5 Å². The first kappa shape index (κ1) is 35.0. The van der Waals surface area contributed by atoms with Gasteiger partial charge in [-0.05, 0) is 21.5 Å². The summed E-state index contributed by atoms with van der Waals surface area (Å²) >= 11 is 0. The van der Waals surface area contributed by atoms with Crippen LogP contribution >= 0.6 is 0 Å². The van der Waals surface area contributed by atoms with Crippen LogP contribution in [0.2, 0.25) is 0 Å². The van der Waals surface area contributed by atoms with E-state index in [-0.39, 0.29) is 0 Å². The van der Waals surface area contributed by atoms with Gasteiger partial charge < -0.3 is 0 Å². The van der Waals surface area contributed by atoms with Gasteiger partial charge in [0.1, 0.15) is 0 Å². The van der Waals surface area contributed by atoms with Crippen LogP contribution in [0.3, 0.4) is 0 Å². The third-order valence-electron chi connectivity index (χ3n) is 3.32. The van der Waals surface area contributed by atoms with E-state index in [1.807, 2.05) is 27.7 Å². The fourth-order valence-corrected chi connectivity index (χ4v) is 2.27. The summed E-state index contributed by atoms with van der Waals surface area (Å²) in [7, 11) is 0. The van der Waals surface area contributed by atoms with Crippen molar-refractivity contribution >= 4 is 21.5 Å².